The Labute approximate surface area is 70.3 Å². The van der Waals surface area contributed by atoms with Gasteiger partial charge >= 0.3 is 11.9 Å². The SMILES string of the molecule is O=C(O)C(O)C(O[N+](=O)[O-])C(=O)O. The molecule has 2 atom stereocenters. The minimum absolute atomic E-state index is 1.50. The van der Waals surface area contributed by atoms with Crippen molar-refractivity contribution < 1.29 is 34.8 Å². The van der Waals surface area contributed by atoms with E-state index < -0.39 is 29.2 Å². The van der Waals surface area contributed by atoms with Crippen LogP contribution in [0.15, 0.2) is 0 Å². The van der Waals surface area contributed by atoms with Gasteiger partial charge in [0.1, 0.15) is 0 Å². The Kier molecular flexibility index (Phi) is 3.59. The number of hydrogen-bond donors (Lipinski definition) is 3. The second-order valence-corrected chi connectivity index (χ2v) is 1.87. The molecule has 0 aliphatic carbocycles. The fourth-order valence-electron chi connectivity index (χ4n) is 0.460. The van der Waals surface area contributed by atoms with Gasteiger partial charge in [-0.15, -0.1) is 10.1 Å². The van der Waals surface area contributed by atoms with Crippen LogP contribution >= 0.6 is 0 Å². The highest BCUT2D eigenvalue weighted by atomic mass is 17.0. The number of nitrogens with zero attached hydrogens (tertiary/aromatic N) is 1. The van der Waals surface area contributed by atoms with Gasteiger partial charge in [-0.25, -0.2) is 9.59 Å². The minimum atomic E-state index is -2.48. The molecule has 0 spiro atoms. The quantitative estimate of drug-likeness (QED) is 0.340. The van der Waals surface area contributed by atoms with Crippen molar-refractivity contribution in [2.45, 2.75) is 12.2 Å². The van der Waals surface area contributed by atoms with Gasteiger partial charge < -0.3 is 15.3 Å². The van der Waals surface area contributed by atoms with Crippen molar-refractivity contribution in [2.75, 3.05) is 0 Å². The van der Waals surface area contributed by atoms with Crippen molar-refractivity contribution in [3.8, 4) is 0 Å². The van der Waals surface area contributed by atoms with Crippen LogP contribution in [-0.4, -0.2) is 44.6 Å². The van der Waals surface area contributed by atoms with Gasteiger partial charge in [0.05, 0.1) is 0 Å². The maximum absolute atomic E-state index is 10.1. The summed E-state index contributed by atoms with van der Waals surface area (Å²) in [6, 6.07) is 0. The number of carboxylic acid groups (broad SMARTS) is 2. The summed E-state index contributed by atoms with van der Waals surface area (Å²) in [5.41, 5.74) is 0. The number of hydrogen-bond acceptors (Lipinski definition) is 6. The lowest BCUT2D eigenvalue weighted by Gasteiger charge is -2.12. The fourth-order valence-corrected chi connectivity index (χ4v) is 0.460. The highest BCUT2D eigenvalue weighted by Crippen LogP contribution is 2.00. The Morgan fingerprint density at radius 2 is 1.77 bits per heavy atom. The molecule has 0 aliphatic heterocycles. The molecule has 0 aliphatic rings. The molecule has 0 radical (unpaired) electrons. The smallest absolute Gasteiger partial charge is 0.336 e. The zero-order valence-electron chi connectivity index (χ0n) is 5.98. The Hall–Kier alpha value is -1.90. The largest absolute Gasteiger partial charge is 0.480 e. The lowest BCUT2D eigenvalue weighted by Crippen LogP contribution is -2.42. The predicted octanol–water partition coefficient (Wildman–Crippen LogP) is -1.91. The predicted molar refractivity (Wildman–Crippen MR) is 33.1 cm³/mol. The summed E-state index contributed by atoms with van der Waals surface area (Å²) in [5.74, 6) is -3.86. The number of rotatable bonds is 5. The third-order valence-electron chi connectivity index (χ3n) is 0.983. The summed E-state index contributed by atoms with van der Waals surface area (Å²) in [6.07, 6.45) is -4.91. The molecule has 0 amide bonds. The summed E-state index contributed by atoms with van der Waals surface area (Å²) >= 11 is 0. The number of carboxylic acids is 2. The van der Waals surface area contributed by atoms with Gasteiger partial charge in [0.25, 0.3) is 5.09 Å². The Morgan fingerprint density at radius 3 is 2.00 bits per heavy atom. The summed E-state index contributed by atoms with van der Waals surface area (Å²) in [7, 11) is 0. The number of aliphatic hydroxyl groups excluding tert-OH is 1. The summed E-state index contributed by atoms with van der Waals surface area (Å²) in [5, 5.41) is 33.0. The number of carbonyl (C=O) groups is 2. The molecule has 0 rings (SSSR count). The molecule has 9 nitrogen and oxygen atoms in total. The van der Waals surface area contributed by atoms with E-state index >= 15 is 0 Å². The molecular weight excluding hydrogens is 190 g/mol. The van der Waals surface area contributed by atoms with Crippen LogP contribution in [0, 0.1) is 10.1 Å². The normalized spacial score (nSPS) is 14.2. The van der Waals surface area contributed by atoms with E-state index in [1.807, 2.05) is 0 Å². The molecule has 0 aromatic rings. The standard InChI is InChI=1S/C4H5NO8/c6-1(3(7)8)2(4(9)10)13-5(11)12/h1-2,6H,(H,7,8)(H,9,10). The lowest BCUT2D eigenvalue weighted by atomic mass is 10.2. The van der Waals surface area contributed by atoms with Crippen molar-refractivity contribution in [2.24, 2.45) is 0 Å². The Morgan fingerprint density at radius 1 is 1.31 bits per heavy atom. The van der Waals surface area contributed by atoms with Gasteiger partial charge in [-0.1, -0.05) is 0 Å². The fraction of sp³-hybridized carbons (Fsp3) is 0.500. The zero-order chi connectivity index (χ0) is 10.6. The van der Waals surface area contributed by atoms with Crippen molar-refractivity contribution in [1.82, 2.24) is 0 Å². The first kappa shape index (κ1) is 11.1. The maximum atomic E-state index is 10.1. The average molecular weight is 195 g/mol. The van der Waals surface area contributed by atoms with E-state index in [0.717, 1.165) is 0 Å². The molecule has 0 heterocycles. The van der Waals surface area contributed by atoms with Crippen LogP contribution in [0.5, 0.6) is 0 Å². The van der Waals surface area contributed by atoms with E-state index in [0.29, 0.717) is 0 Å². The van der Waals surface area contributed by atoms with Gasteiger partial charge in [-0.3, -0.25) is 4.84 Å². The molecule has 0 saturated heterocycles. The molecule has 0 bridgehead atoms. The third kappa shape index (κ3) is 3.33. The van der Waals surface area contributed by atoms with Crippen molar-refractivity contribution in [3.05, 3.63) is 10.1 Å². The van der Waals surface area contributed by atoms with E-state index in [1.165, 1.54) is 0 Å². The molecular formula is C4H5NO8. The number of aliphatic carboxylic acids is 2. The highest BCUT2D eigenvalue weighted by Gasteiger charge is 2.35. The second-order valence-electron chi connectivity index (χ2n) is 1.87. The van der Waals surface area contributed by atoms with Crippen molar-refractivity contribution in [3.63, 3.8) is 0 Å². The molecule has 2 unspecified atom stereocenters. The highest BCUT2D eigenvalue weighted by molar-refractivity contribution is 5.83. The van der Waals surface area contributed by atoms with Crippen LogP contribution < -0.4 is 0 Å². The molecule has 9 heteroatoms. The van der Waals surface area contributed by atoms with E-state index in [1.54, 1.807) is 0 Å². The Bertz CT molecular complexity index is 236. The van der Waals surface area contributed by atoms with Crippen LogP contribution in [0.25, 0.3) is 0 Å². The van der Waals surface area contributed by atoms with Gasteiger partial charge in [-0.05, 0) is 0 Å². The van der Waals surface area contributed by atoms with Crippen LogP contribution in [0.4, 0.5) is 0 Å². The molecule has 3 N–H and O–H groups in total. The van der Waals surface area contributed by atoms with Gasteiger partial charge in [0, 0.05) is 0 Å². The maximum Gasteiger partial charge on any atom is 0.336 e. The monoisotopic (exact) mass is 195 g/mol. The van der Waals surface area contributed by atoms with Crippen LogP contribution in [0.2, 0.25) is 0 Å². The van der Waals surface area contributed by atoms with Crippen LogP contribution in [0.1, 0.15) is 0 Å². The summed E-state index contributed by atoms with van der Waals surface area (Å²) in [4.78, 5) is 33.2. The van der Waals surface area contributed by atoms with Crippen LogP contribution in [0.3, 0.4) is 0 Å². The molecule has 13 heavy (non-hydrogen) atoms. The third-order valence-corrected chi connectivity index (χ3v) is 0.983. The lowest BCUT2D eigenvalue weighted by molar-refractivity contribution is -0.766. The van der Waals surface area contributed by atoms with E-state index in [2.05, 4.69) is 4.84 Å². The molecule has 0 saturated carbocycles. The minimum Gasteiger partial charge on any atom is -0.480 e. The van der Waals surface area contributed by atoms with Crippen LogP contribution in [-0.2, 0) is 14.4 Å². The first-order chi connectivity index (χ1) is 5.86. The topological polar surface area (TPSA) is 147 Å². The molecule has 0 aromatic heterocycles. The zero-order valence-corrected chi connectivity index (χ0v) is 5.98. The second kappa shape index (κ2) is 4.21. The summed E-state index contributed by atoms with van der Waals surface area (Å²) < 4.78 is 0. The molecule has 74 valence electrons. The first-order valence-corrected chi connectivity index (χ1v) is 2.81. The molecule has 0 aromatic carbocycles. The van der Waals surface area contributed by atoms with E-state index in [4.69, 9.17) is 15.3 Å². The summed E-state index contributed by atoms with van der Waals surface area (Å²) in [6.45, 7) is 0. The average Bonchev–Trinajstić information content (AvgIpc) is 1.97. The van der Waals surface area contributed by atoms with Crippen molar-refractivity contribution in [1.29, 1.82) is 0 Å². The van der Waals surface area contributed by atoms with Gasteiger partial charge in [-0.2, -0.15) is 0 Å². The van der Waals surface area contributed by atoms with Gasteiger partial charge in [0.15, 0.2) is 6.10 Å². The Balaban J connectivity index is 4.51. The van der Waals surface area contributed by atoms with Crippen molar-refractivity contribution >= 4 is 11.9 Å². The van der Waals surface area contributed by atoms with E-state index in [9.17, 15) is 19.7 Å². The van der Waals surface area contributed by atoms with Gasteiger partial charge in [0.2, 0.25) is 6.10 Å². The molecule has 0 fully saturated rings. The van der Waals surface area contributed by atoms with E-state index in [-0.39, 0.29) is 0 Å². The number of aliphatic hydroxyl groups is 1. The first-order valence-electron chi connectivity index (χ1n) is 2.81.